The van der Waals surface area contributed by atoms with Crippen LogP contribution in [0.2, 0.25) is 0 Å². The molecule has 0 amide bonds. The summed E-state index contributed by atoms with van der Waals surface area (Å²) in [7, 11) is 0. The topological polar surface area (TPSA) is 55.8 Å². The predicted octanol–water partition coefficient (Wildman–Crippen LogP) is 2.17. The Morgan fingerprint density at radius 1 is 1.32 bits per heavy atom. The minimum atomic E-state index is -0.667. The molecule has 0 bridgehead atoms. The van der Waals surface area contributed by atoms with Gasteiger partial charge in [0, 0.05) is 19.0 Å². The summed E-state index contributed by atoms with van der Waals surface area (Å²) in [5, 5.41) is 9.75. The highest BCUT2D eigenvalue weighted by atomic mass is 32.2. The molecular formula is C14H22O4S. The van der Waals surface area contributed by atoms with Crippen molar-refractivity contribution in [3.8, 4) is 0 Å². The van der Waals surface area contributed by atoms with Crippen LogP contribution in [-0.4, -0.2) is 48.0 Å². The van der Waals surface area contributed by atoms with Crippen LogP contribution in [0.25, 0.3) is 0 Å². The van der Waals surface area contributed by atoms with Gasteiger partial charge in [-0.3, -0.25) is 4.79 Å². The van der Waals surface area contributed by atoms with Crippen LogP contribution >= 0.6 is 11.8 Å². The molecule has 0 aromatic heterocycles. The molecule has 1 spiro atoms. The van der Waals surface area contributed by atoms with Crippen LogP contribution in [0.1, 0.15) is 32.1 Å². The third-order valence-corrected chi connectivity index (χ3v) is 6.26. The first-order valence-electron chi connectivity index (χ1n) is 7.20. The Bertz CT molecular complexity index is 345. The maximum Gasteiger partial charge on any atom is 0.312 e. The van der Waals surface area contributed by atoms with Crippen LogP contribution in [0.15, 0.2) is 0 Å². The quantitative estimate of drug-likeness (QED) is 0.843. The smallest absolute Gasteiger partial charge is 0.312 e. The molecule has 3 unspecified atom stereocenters. The summed E-state index contributed by atoms with van der Waals surface area (Å²) in [6, 6.07) is 0. The van der Waals surface area contributed by atoms with Gasteiger partial charge in [0.1, 0.15) is 0 Å². The lowest BCUT2D eigenvalue weighted by molar-refractivity contribution is -0.175. The van der Waals surface area contributed by atoms with Gasteiger partial charge in [-0.25, -0.2) is 0 Å². The van der Waals surface area contributed by atoms with Gasteiger partial charge >= 0.3 is 5.97 Å². The van der Waals surface area contributed by atoms with Crippen LogP contribution in [-0.2, 0) is 14.3 Å². The third-order valence-electron chi connectivity index (χ3n) is 5.04. The van der Waals surface area contributed by atoms with Crippen LogP contribution in [0.3, 0.4) is 0 Å². The highest BCUT2D eigenvalue weighted by molar-refractivity contribution is 7.99. The van der Waals surface area contributed by atoms with Gasteiger partial charge in [0.2, 0.25) is 0 Å². The molecule has 4 nitrogen and oxygen atoms in total. The third kappa shape index (κ3) is 2.41. The average molecular weight is 286 g/mol. The second kappa shape index (κ2) is 5.26. The molecule has 19 heavy (non-hydrogen) atoms. The molecule has 3 aliphatic heterocycles. The molecule has 0 saturated carbocycles. The van der Waals surface area contributed by atoms with E-state index >= 15 is 0 Å². The first-order chi connectivity index (χ1) is 9.17. The molecular weight excluding hydrogens is 264 g/mol. The first-order valence-corrected chi connectivity index (χ1v) is 8.35. The van der Waals surface area contributed by atoms with Gasteiger partial charge in [-0.05, 0) is 43.8 Å². The normalized spacial score (nSPS) is 43.5. The molecule has 0 radical (unpaired) electrons. The van der Waals surface area contributed by atoms with Crippen molar-refractivity contribution >= 4 is 17.7 Å². The summed E-state index contributed by atoms with van der Waals surface area (Å²) in [6.45, 7) is 1.80. The Hall–Kier alpha value is -0.260. The van der Waals surface area contributed by atoms with Gasteiger partial charge in [-0.1, -0.05) is 0 Å². The Morgan fingerprint density at radius 2 is 2.21 bits per heavy atom. The van der Waals surface area contributed by atoms with Gasteiger partial charge in [-0.15, -0.1) is 0 Å². The largest absolute Gasteiger partial charge is 0.481 e. The summed E-state index contributed by atoms with van der Waals surface area (Å²) in [5.41, 5.74) is -0.713. The molecule has 3 rings (SSSR count). The maximum atomic E-state index is 11.9. The number of carboxylic acids is 1. The van der Waals surface area contributed by atoms with E-state index < -0.39 is 11.4 Å². The van der Waals surface area contributed by atoms with Crippen LogP contribution in [0, 0.1) is 11.3 Å². The van der Waals surface area contributed by atoms with Crippen molar-refractivity contribution in [2.45, 2.75) is 37.7 Å². The number of carbonyl (C=O) groups is 1. The second-order valence-electron chi connectivity index (χ2n) is 6.14. The second-order valence-corrected chi connectivity index (χ2v) is 7.25. The molecule has 0 aromatic carbocycles. The highest BCUT2D eigenvalue weighted by Gasteiger charge is 2.52. The zero-order valence-corrected chi connectivity index (χ0v) is 12.0. The monoisotopic (exact) mass is 286 g/mol. The van der Waals surface area contributed by atoms with E-state index in [1.807, 2.05) is 11.8 Å². The number of thioether (sulfide) groups is 1. The lowest BCUT2D eigenvalue weighted by Gasteiger charge is -2.46. The molecule has 3 saturated heterocycles. The Kier molecular flexibility index (Phi) is 3.80. The minimum Gasteiger partial charge on any atom is -0.481 e. The van der Waals surface area contributed by atoms with Crippen LogP contribution in [0.5, 0.6) is 0 Å². The van der Waals surface area contributed by atoms with E-state index in [2.05, 4.69) is 0 Å². The van der Waals surface area contributed by atoms with Gasteiger partial charge in [0.15, 0.2) is 0 Å². The summed E-state index contributed by atoms with van der Waals surface area (Å²) < 4.78 is 11.5. The van der Waals surface area contributed by atoms with Crippen molar-refractivity contribution in [1.29, 1.82) is 0 Å². The van der Waals surface area contributed by atoms with Crippen LogP contribution in [0.4, 0.5) is 0 Å². The first kappa shape index (κ1) is 13.7. The molecule has 0 aliphatic carbocycles. The lowest BCUT2D eigenvalue weighted by Crippen LogP contribution is -2.51. The molecule has 5 heteroatoms. The van der Waals surface area contributed by atoms with Gasteiger partial charge < -0.3 is 14.6 Å². The van der Waals surface area contributed by atoms with E-state index in [1.54, 1.807) is 0 Å². The van der Waals surface area contributed by atoms with Crippen molar-refractivity contribution in [3.63, 3.8) is 0 Å². The van der Waals surface area contributed by atoms with Crippen molar-refractivity contribution in [3.05, 3.63) is 0 Å². The fourth-order valence-corrected chi connectivity index (χ4v) is 5.22. The summed E-state index contributed by atoms with van der Waals surface area (Å²) in [5.74, 6) is 1.71. The van der Waals surface area contributed by atoms with E-state index in [1.165, 1.54) is 0 Å². The minimum absolute atomic E-state index is 0.0481. The Balaban J connectivity index is 1.80. The van der Waals surface area contributed by atoms with Crippen LogP contribution < -0.4 is 0 Å². The molecule has 3 atom stereocenters. The Labute approximate surface area is 118 Å². The van der Waals surface area contributed by atoms with E-state index in [0.29, 0.717) is 19.8 Å². The lowest BCUT2D eigenvalue weighted by atomic mass is 9.65. The number of carboxylic acid groups (broad SMARTS) is 1. The number of rotatable bonds is 2. The number of ether oxygens (including phenoxy) is 2. The molecule has 0 aromatic rings. The molecule has 3 aliphatic rings. The van der Waals surface area contributed by atoms with Gasteiger partial charge in [0.05, 0.1) is 17.6 Å². The van der Waals surface area contributed by atoms with E-state index in [9.17, 15) is 9.90 Å². The molecule has 1 N–H and O–H groups in total. The van der Waals surface area contributed by atoms with Crippen molar-refractivity contribution in [1.82, 2.24) is 0 Å². The zero-order valence-electron chi connectivity index (χ0n) is 11.2. The van der Waals surface area contributed by atoms with Crippen molar-refractivity contribution < 1.29 is 19.4 Å². The van der Waals surface area contributed by atoms with Crippen molar-refractivity contribution in [2.75, 3.05) is 31.3 Å². The standard InChI is InChI=1S/C14H22O4S/c15-12(16)14(3-1-5-17-9-14)11-2-6-18-13(8-11)4-7-19-10-13/h11H,1-10H2,(H,15,16). The average Bonchev–Trinajstić information content (AvgIpc) is 2.87. The summed E-state index contributed by atoms with van der Waals surface area (Å²) in [4.78, 5) is 11.9. The highest BCUT2D eigenvalue weighted by Crippen LogP contribution is 2.49. The fraction of sp³-hybridized carbons (Fsp3) is 0.929. The number of hydrogen-bond acceptors (Lipinski definition) is 4. The van der Waals surface area contributed by atoms with Crippen molar-refractivity contribution in [2.24, 2.45) is 11.3 Å². The maximum absolute atomic E-state index is 11.9. The molecule has 3 fully saturated rings. The number of hydrogen-bond donors (Lipinski definition) is 1. The van der Waals surface area contributed by atoms with Gasteiger partial charge in [0.25, 0.3) is 0 Å². The molecule has 3 heterocycles. The van der Waals surface area contributed by atoms with E-state index in [4.69, 9.17) is 9.47 Å². The van der Waals surface area contributed by atoms with E-state index in [0.717, 1.165) is 43.6 Å². The summed E-state index contributed by atoms with van der Waals surface area (Å²) >= 11 is 1.93. The van der Waals surface area contributed by atoms with Gasteiger partial charge in [-0.2, -0.15) is 11.8 Å². The number of aliphatic carboxylic acids is 1. The van der Waals surface area contributed by atoms with E-state index in [-0.39, 0.29) is 11.5 Å². The predicted molar refractivity (Wildman–Crippen MR) is 73.5 cm³/mol. The summed E-state index contributed by atoms with van der Waals surface area (Å²) in [6.07, 6.45) is 4.46. The SMILES string of the molecule is O=C(O)C1(C2CCOC3(CCSC3)C2)CCCOC1. The molecule has 108 valence electrons. The Morgan fingerprint density at radius 3 is 2.84 bits per heavy atom. The fourth-order valence-electron chi connectivity index (χ4n) is 3.84. The zero-order chi connectivity index (χ0) is 13.3.